The summed E-state index contributed by atoms with van der Waals surface area (Å²) in [6, 6.07) is 0. The van der Waals surface area contributed by atoms with Crippen LogP contribution in [0.15, 0.2) is 29.4 Å². The summed E-state index contributed by atoms with van der Waals surface area (Å²) in [5, 5.41) is 0. The first-order valence-electron chi connectivity index (χ1n) is 8.84. The number of rotatable bonds is 5. The molecule has 1 N–H and O–H groups in total. The molecule has 3 aromatic rings. The molecular weight excluding hydrogens is 330 g/mol. The lowest BCUT2D eigenvalue weighted by Gasteiger charge is -2.21. The van der Waals surface area contributed by atoms with Gasteiger partial charge in [0, 0.05) is 58.0 Å². The highest BCUT2D eigenvalue weighted by Crippen LogP contribution is 2.24. The van der Waals surface area contributed by atoms with Gasteiger partial charge in [-0.3, -0.25) is 4.90 Å². The Labute approximate surface area is 152 Å². The Morgan fingerprint density at radius 3 is 2.88 bits per heavy atom. The highest BCUT2D eigenvalue weighted by atomic mass is 16.3. The number of aromatic amines is 1. The molecule has 0 radical (unpaired) electrons. The van der Waals surface area contributed by atoms with E-state index in [0.717, 1.165) is 55.5 Å². The zero-order valence-corrected chi connectivity index (χ0v) is 15.1. The Morgan fingerprint density at radius 1 is 1.23 bits per heavy atom. The van der Waals surface area contributed by atoms with Crippen LogP contribution in [0.1, 0.15) is 28.7 Å². The Balaban J connectivity index is 1.49. The third kappa shape index (κ3) is 3.60. The fourth-order valence-electron chi connectivity index (χ4n) is 3.44. The molecule has 0 bridgehead atoms. The number of H-pyrrole nitrogens is 1. The summed E-state index contributed by atoms with van der Waals surface area (Å²) in [6.45, 7) is 5.28. The molecule has 4 rings (SSSR count). The summed E-state index contributed by atoms with van der Waals surface area (Å²) >= 11 is 0. The van der Waals surface area contributed by atoms with Crippen LogP contribution in [-0.2, 0) is 25.9 Å². The molecule has 0 saturated heterocycles. The molecule has 0 saturated carbocycles. The monoisotopic (exact) mass is 353 g/mol. The summed E-state index contributed by atoms with van der Waals surface area (Å²) in [4.78, 5) is 25.5. The average Bonchev–Trinajstić information content (AvgIpc) is 3.24. The van der Waals surface area contributed by atoms with Gasteiger partial charge in [0.1, 0.15) is 24.2 Å². The summed E-state index contributed by atoms with van der Waals surface area (Å²) in [5.41, 5.74) is 3.36. The van der Waals surface area contributed by atoms with Crippen molar-refractivity contribution in [3.63, 3.8) is 0 Å². The van der Waals surface area contributed by atoms with Crippen LogP contribution in [-0.4, -0.2) is 50.0 Å². The van der Waals surface area contributed by atoms with Crippen molar-refractivity contribution < 1.29 is 4.42 Å². The molecular formula is C18H23N7O. The number of nitrogens with zero attached hydrogens (tertiary/aromatic N) is 6. The van der Waals surface area contributed by atoms with Crippen LogP contribution in [0.4, 0.5) is 5.82 Å². The minimum Gasteiger partial charge on any atom is -0.449 e. The first-order chi connectivity index (χ1) is 12.7. The maximum atomic E-state index is 5.32. The van der Waals surface area contributed by atoms with Gasteiger partial charge >= 0.3 is 0 Å². The molecule has 0 amide bonds. The van der Waals surface area contributed by atoms with Gasteiger partial charge in [0.05, 0.1) is 17.9 Å². The van der Waals surface area contributed by atoms with E-state index in [-0.39, 0.29) is 0 Å². The third-order valence-electron chi connectivity index (χ3n) is 4.71. The van der Waals surface area contributed by atoms with Crippen LogP contribution < -0.4 is 4.90 Å². The van der Waals surface area contributed by atoms with Crippen LogP contribution in [0.2, 0.25) is 0 Å². The number of hydrogen-bond acceptors (Lipinski definition) is 7. The van der Waals surface area contributed by atoms with Crippen molar-refractivity contribution >= 4 is 5.82 Å². The molecule has 0 atom stereocenters. The van der Waals surface area contributed by atoms with Gasteiger partial charge < -0.3 is 14.3 Å². The van der Waals surface area contributed by atoms with Crippen molar-refractivity contribution in [1.82, 2.24) is 29.8 Å². The maximum absolute atomic E-state index is 5.32. The van der Waals surface area contributed by atoms with E-state index in [1.54, 1.807) is 18.8 Å². The van der Waals surface area contributed by atoms with Gasteiger partial charge in [0.15, 0.2) is 5.89 Å². The van der Waals surface area contributed by atoms with E-state index in [1.165, 1.54) is 5.56 Å². The van der Waals surface area contributed by atoms with Crippen molar-refractivity contribution in [2.45, 2.75) is 32.9 Å². The minimum atomic E-state index is 0.693. The molecule has 4 heterocycles. The zero-order chi connectivity index (χ0) is 17.9. The molecule has 0 aromatic carbocycles. The van der Waals surface area contributed by atoms with Crippen LogP contribution in [0.3, 0.4) is 0 Å². The van der Waals surface area contributed by atoms with E-state index >= 15 is 0 Å². The fraction of sp³-hybridized carbons (Fsp3) is 0.444. The van der Waals surface area contributed by atoms with Gasteiger partial charge in [0.2, 0.25) is 0 Å². The molecule has 8 heteroatoms. The highest BCUT2D eigenvalue weighted by molar-refractivity contribution is 5.48. The predicted octanol–water partition coefficient (Wildman–Crippen LogP) is 1.73. The van der Waals surface area contributed by atoms with Gasteiger partial charge in [-0.25, -0.2) is 19.9 Å². The molecule has 0 aliphatic carbocycles. The van der Waals surface area contributed by atoms with E-state index in [9.17, 15) is 0 Å². The van der Waals surface area contributed by atoms with E-state index in [1.807, 2.05) is 20.2 Å². The number of aromatic nitrogens is 5. The van der Waals surface area contributed by atoms with Gasteiger partial charge in [-0.2, -0.15) is 0 Å². The Morgan fingerprint density at radius 2 is 2.12 bits per heavy atom. The van der Waals surface area contributed by atoms with Gasteiger partial charge in [-0.1, -0.05) is 0 Å². The molecule has 0 spiro atoms. The number of aryl methyl sites for hydroxylation is 1. The number of anilines is 1. The predicted molar refractivity (Wildman–Crippen MR) is 96.7 cm³/mol. The van der Waals surface area contributed by atoms with Gasteiger partial charge in [0.25, 0.3) is 0 Å². The normalized spacial score (nSPS) is 14.8. The van der Waals surface area contributed by atoms with Crippen molar-refractivity contribution in [1.29, 1.82) is 0 Å². The minimum absolute atomic E-state index is 0.693. The molecule has 136 valence electrons. The topological polar surface area (TPSA) is 87.0 Å². The number of nitrogens with one attached hydrogen (secondary N) is 1. The summed E-state index contributed by atoms with van der Waals surface area (Å²) in [6.07, 6.45) is 8.86. The zero-order valence-electron chi connectivity index (χ0n) is 15.1. The second kappa shape index (κ2) is 7.25. The van der Waals surface area contributed by atoms with Crippen molar-refractivity contribution in [2.24, 2.45) is 0 Å². The first-order valence-corrected chi connectivity index (χ1v) is 8.84. The molecule has 0 fully saturated rings. The fourth-order valence-corrected chi connectivity index (χ4v) is 3.44. The molecule has 1 aliphatic heterocycles. The van der Waals surface area contributed by atoms with Crippen molar-refractivity contribution in [3.8, 4) is 0 Å². The van der Waals surface area contributed by atoms with Gasteiger partial charge in [-0.05, 0) is 6.42 Å². The lowest BCUT2D eigenvalue weighted by Crippen LogP contribution is -2.26. The maximum Gasteiger partial charge on any atom is 0.191 e. The van der Waals surface area contributed by atoms with Crippen LogP contribution in [0.5, 0.6) is 0 Å². The molecule has 0 unspecified atom stereocenters. The van der Waals surface area contributed by atoms with Gasteiger partial charge in [-0.15, -0.1) is 0 Å². The third-order valence-corrected chi connectivity index (χ3v) is 4.71. The Hall–Kier alpha value is -2.74. The van der Waals surface area contributed by atoms with Crippen molar-refractivity contribution in [2.75, 3.05) is 25.0 Å². The standard InChI is InChI=1S/C18H23N7O/c1-13-23-14(11-26-13)9-25-7-3-15-16(4-8-25)21-12-22-18(15)24(2)10-17-19-5-6-20-17/h5-6,11-12H,3-4,7-10H2,1-2H3,(H,19,20). The van der Waals surface area contributed by atoms with E-state index in [4.69, 9.17) is 4.42 Å². The second-order valence-electron chi connectivity index (χ2n) is 6.65. The van der Waals surface area contributed by atoms with E-state index in [2.05, 4.69) is 34.7 Å². The smallest absolute Gasteiger partial charge is 0.191 e. The lowest BCUT2D eigenvalue weighted by atomic mass is 10.1. The quantitative estimate of drug-likeness (QED) is 0.747. The van der Waals surface area contributed by atoms with E-state index < -0.39 is 0 Å². The summed E-state index contributed by atoms with van der Waals surface area (Å²) in [7, 11) is 2.05. The first kappa shape index (κ1) is 16.7. The van der Waals surface area contributed by atoms with Crippen LogP contribution >= 0.6 is 0 Å². The van der Waals surface area contributed by atoms with E-state index in [0.29, 0.717) is 12.4 Å². The molecule has 1 aliphatic rings. The molecule has 3 aromatic heterocycles. The molecule has 26 heavy (non-hydrogen) atoms. The summed E-state index contributed by atoms with van der Waals surface area (Å²) in [5.74, 6) is 2.63. The second-order valence-corrected chi connectivity index (χ2v) is 6.65. The molecule has 8 nitrogen and oxygen atoms in total. The number of fused-ring (bicyclic) bond motifs is 1. The van der Waals surface area contributed by atoms with Crippen LogP contribution in [0.25, 0.3) is 0 Å². The van der Waals surface area contributed by atoms with Crippen LogP contribution in [0, 0.1) is 6.92 Å². The average molecular weight is 353 g/mol. The summed E-state index contributed by atoms with van der Waals surface area (Å²) < 4.78 is 5.32. The highest BCUT2D eigenvalue weighted by Gasteiger charge is 2.21. The Bertz CT molecular complexity index is 858. The largest absolute Gasteiger partial charge is 0.449 e. The Kier molecular flexibility index (Phi) is 4.66. The SMILES string of the molecule is Cc1nc(CN2CCc3ncnc(N(C)Cc4ncc[nH]4)c3CC2)co1. The number of hydrogen-bond donors (Lipinski definition) is 1. The lowest BCUT2D eigenvalue weighted by molar-refractivity contribution is 0.275. The van der Waals surface area contributed by atoms with Crippen molar-refractivity contribution in [3.05, 3.63) is 53.7 Å². The number of oxazole rings is 1. The number of imidazole rings is 1.